The number of aliphatic imine (C=N–C) groups is 1. The van der Waals surface area contributed by atoms with Crippen LogP contribution in [0.2, 0.25) is 0 Å². The van der Waals surface area contributed by atoms with Crippen LogP contribution in [0.15, 0.2) is 95.2 Å². The Morgan fingerprint density at radius 1 is 0.944 bits per heavy atom. The van der Waals surface area contributed by atoms with Crippen molar-refractivity contribution in [3.63, 3.8) is 0 Å². The highest BCUT2D eigenvalue weighted by atomic mass is 32.2. The predicted molar refractivity (Wildman–Crippen MR) is 141 cm³/mol. The Hall–Kier alpha value is -4.04. The summed E-state index contributed by atoms with van der Waals surface area (Å²) >= 11 is 1.40. The summed E-state index contributed by atoms with van der Waals surface area (Å²) in [4.78, 5) is 16.3. The number of amidine groups is 1. The van der Waals surface area contributed by atoms with E-state index in [0.29, 0.717) is 17.3 Å². The van der Waals surface area contributed by atoms with E-state index in [4.69, 9.17) is 10.2 Å². The number of carbonyl (C=O) groups excluding carboxylic acids is 1. The smallest absolute Gasteiger partial charge is 0.258 e. The molecule has 0 bridgehead atoms. The number of carbonyl (C=O) groups is 1. The summed E-state index contributed by atoms with van der Waals surface area (Å²) in [6, 6.07) is 24.3. The Kier molecular flexibility index (Phi) is 5.73. The lowest BCUT2D eigenvalue weighted by Crippen LogP contribution is -2.24. The van der Waals surface area contributed by atoms with Gasteiger partial charge in [0.2, 0.25) is 0 Å². The molecule has 0 spiro atoms. The number of hydrogen-bond donors (Lipinski definition) is 0. The molecule has 0 radical (unpaired) electrons. The molecule has 0 fully saturated rings. The van der Waals surface area contributed by atoms with E-state index in [1.54, 1.807) is 12.1 Å². The number of halogens is 1. The van der Waals surface area contributed by atoms with Crippen LogP contribution in [0, 0.1) is 12.7 Å². The van der Waals surface area contributed by atoms with Gasteiger partial charge in [-0.25, -0.2) is 14.1 Å². The van der Waals surface area contributed by atoms with Crippen molar-refractivity contribution in [2.45, 2.75) is 19.4 Å². The van der Waals surface area contributed by atoms with Crippen molar-refractivity contribution in [1.29, 1.82) is 0 Å². The number of amides is 1. The standard InChI is InChI=1S/C28H22FN5OS/c1-18-7-9-19(10-8-18)24-15-25(34(31-24)28-30-26(35)17-36-28)23-16-33(22-5-3-2-4-6-22)32-27(23)20-11-13-21(29)14-12-20/h2-14,16,25H,15,17H2,1H3. The van der Waals surface area contributed by atoms with Gasteiger partial charge in [-0.3, -0.25) is 4.79 Å². The van der Waals surface area contributed by atoms with Gasteiger partial charge in [0.05, 0.1) is 28.9 Å². The zero-order valence-electron chi connectivity index (χ0n) is 19.5. The SMILES string of the molecule is Cc1ccc(C2=NN(C3=NC(=O)CS3)C(c3cn(-c4ccccc4)nc3-c3ccc(F)cc3)C2)cc1. The Morgan fingerprint density at radius 2 is 1.67 bits per heavy atom. The van der Waals surface area contributed by atoms with Crippen molar-refractivity contribution in [1.82, 2.24) is 14.8 Å². The number of hydrogen-bond acceptors (Lipinski definition) is 5. The van der Waals surface area contributed by atoms with E-state index in [1.807, 2.05) is 46.2 Å². The zero-order valence-corrected chi connectivity index (χ0v) is 20.3. The van der Waals surface area contributed by atoms with Gasteiger partial charge in [-0.15, -0.1) is 0 Å². The van der Waals surface area contributed by atoms with Crippen molar-refractivity contribution < 1.29 is 9.18 Å². The average molecular weight is 496 g/mol. The molecule has 6 nitrogen and oxygen atoms in total. The highest BCUT2D eigenvalue weighted by molar-refractivity contribution is 8.14. The Bertz CT molecular complexity index is 1490. The topological polar surface area (TPSA) is 62.9 Å². The van der Waals surface area contributed by atoms with Crippen molar-refractivity contribution in [3.05, 3.63) is 108 Å². The van der Waals surface area contributed by atoms with Gasteiger partial charge in [-0.05, 0) is 48.9 Å². The third-order valence-corrected chi connectivity index (χ3v) is 7.20. The second kappa shape index (κ2) is 9.20. The van der Waals surface area contributed by atoms with Crippen molar-refractivity contribution >= 4 is 28.5 Å². The number of para-hydroxylation sites is 1. The van der Waals surface area contributed by atoms with Gasteiger partial charge in [-0.1, -0.05) is 59.8 Å². The van der Waals surface area contributed by atoms with Crippen LogP contribution < -0.4 is 0 Å². The van der Waals surface area contributed by atoms with Gasteiger partial charge in [0.15, 0.2) is 5.17 Å². The first-order chi connectivity index (χ1) is 17.5. The van der Waals surface area contributed by atoms with E-state index >= 15 is 0 Å². The molecule has 1 atom stereocenters. The fourth-order valence-corrected chi connectivity index (χ4v) is 5.22. The fraction of sp³-hybridized carbons (Fsp3) is 0.143. The lowest BCUT2D eigenvalue weighted by Gasteiger charge is -2.22. The number of aryl methyl sites for hydroxylation is 1. The molecule has 36 heavy (non-hydrogen) atoms. The van der Waals surface area contributed by atoms with Gasteiger partial charge < -0.3 is 0 Å². The Labute approximate surface area is 212 Å². The van der Waals surface area contributed by atoms with Crippen LogP contribution in [-0.2, 0) is 4.79 Å². The molecular weight excluding hydrogens is 473 g/mol. The zero-order chi connectivity index (χ0) is 24.6. The van der Waals surface area contributed by atoms with Gasteiger partial charge in [0, 0.05) is 23.7 Å². The second-order valence-electron chi connectivity index (χ2n) is 8.77. The quantitative estimate of drug-likeness (QED) is 0.361. The van der Waals surface area contributed by atoms with Crippen LogP contribution in [-0.4, -0.2) is 37.3 Å². The fourth-order valence-electron chi connectivity index (χ4n) is 4.44. The number of thioether (sulfide) groups is 1. The number of benzene rings is 3. The van der Waals surface area contributed by atoms with E-state index in [1.165, 1.54) is 29.5 Å². The van der Waals surface area contributed by atoms with Crippen LogP contribution in [0.25, 0.3) is 16.9 Å². The summed E-state index contributed by atoms with van der Waals surface area (Å²) in [5, 5.41) is 12.3. The maximum Gasteiger partial charge on any atom is 0.258 e. The van der Waals surface area contributed by atoms with Gasteiger partial charge >= 0.3 is 0 Å². The molecule has 2 aliphatic heterocycles. The molecule has 1 aromatic heterocycles. The van der Waals surface area contributed by atoms with Crippen LogP contribution in [0.3, 0.4) is 0 Å². The number of hydrazone groups is 1. The maximum absolute atomic E-state index is 13.7. The first-order valence-electron chi connectivity index (χ1n) is 11.6. The summed E-state index contributed by atoms with van der Waals surface area (Å²) in [6.07, 6.45) is 2.62. The molecule has 6 rings (SSSR count). The predicted octanol–water partition coefficient (Wildman–Crippen LogP) is 5.77. The van der Waals surface area contributed by atoms with Crippen LogP contribution in [0.5, 0.6) is 0 Å². The monoisotopic (exact) mass is 495 g/mol. The number of aromatic nitrogens is 2. The highest BCUT2D eigenvalue weighted by Crippen LogP contribution is 2.40. The normalized spacial score (nSPS) is 17.4. The molecule has 0 N–H and O–H groups in total. The molecule has 4 aromatic rings. The molecule has 1 amide bonds. The minimum absolute atomic E-state index is 0.161. The first-order valence-corrected chi connectivity index (χ1v) is 12.6. The molecule has 0 aliphatic carbocycles. The second-order valence-corrected chi connectivity index (χ2v) is 9.72. The third-order valence-electron chi connectivity index (χ3n) is 6.28. The minimum atomic E-state index is -0.300. The molecule has 2 aliphatic rings. The van der Waals surface area contributed by atoms with E-state index < -0.39 is 0 Å². The summed E-state index contributed by atoms with van der Waals surface area (Å²) < 4.78 is 15.6. The third kappa shape index (κ3) is 4.24. The van der Waals surface area contributed by atoms with Crippen molar-refractivity contribution in [2.75, 3.05) is 5.75 Å². The summed E-state index contributed by atoms with van der Waals surface area (Å²) in [5.74, 6) is -0.154. The van der Waals surface area contributed by atoms with E-state index in [-0.39, 0.29) is 17.8 Å². The van der Waals surface area contributed by atoms with Crippen LogP contribution in [0.4, 0.5) is 4.39 Å². The molecule has 3 heterocycles. The Morgan fingerprint density at radius 3 is 2.36 bits per heavy atom. The molecule has 0 saturated heterocycles. The first kappa shape index (κ1) is 22.4. The van der Waals surface area contributed by atoms with Crippen molar-refractivity contribution in [2.24, 2.45) is 10.1 Å². The minimum Gasteiger partial charge on any atom is -0.272 e. The molecule has 178 valence electrons. The molecule has 1 unspecified atom stereocenters. The summed E-state index contributed by atoms with van der Waals surface area (Å²) in [7, 11) is 0. The number of nitrogens with zero attached hydrogens (tertiary/aromatic N) is 5. The highest BCUT2D eigenvalue weighted by Gasteiger charge is 2.37. The summed E-state index contributed by atoms with van der Waals surface area (Å²) in [5.41, 5.74) is 6.51. The van der Waals surface area contributed by atoms with E-state index in [0.717, 1.165) is 33.8 Å². The van der Waals surface area contributed by atoms with Crippen LogP contribution in [0.1, 0.15) is 29.2 Å². The van der Waals surface area contributed by atoms with E-state index in [9.17, 15) is 9.18 Å². The molecule has 8 heteroatoms. The molecular formula is C28H22FN5OS. The average Bonchev–Trinajstić information content (AvgIpc) is 3.63. The van der Waals surface area contributed by atoms with Gasteiger partial charge in [0.25, 0.3) is 5.91 Å². The molecule has 0 saturated carbocycles. The lowest BCUT2D eigenvalue weighted by atomic mass is 9.96. The largest absolute Gasteiger partial charge is 0.272 e. The van der Waals surface area contributed by atoms with Gasteiger partial charge in [-0.2, -0.15) is 15.2 Å². The Balaban J connectivity index is 1.48. The van der Waals surface area contributed by atoms with E-state index in [2.05, 4.69) is 36.2 Å². The number of rotatable bonds is 4. The maximum atomic E-state index is 13.7. The van der Waals surface area contributed by atoms with Crippen molar-refractivity contribution in [3.8, 4) is 16.9 Å². The molecule has 3 aromatic carbocycles. The van der Waals surface area contributed by atoms with Crippen LogP contribution >= 0.6 is 11.8 Å². The lowest BCUT2D eigenvalue weighted by molar-refractivity contribution is -0.115. The van der Waals surface area contributed by atoms with Gasteiger partial charge in [0.1, 0.15) is 5.82 Å². The summed E-state index contributed by atoms with van der Waals surface area (Å²) in [6.45, 7) is 2.05.